The summed E-state index contributed by atoms with van der Waals surface area (Å²) in [7, 11) is 0. The number of nitrogens with one attached hydrogen (secondary N) is 1. The van der Waals surface area contributed by atoms with Crippen LogP contribution in [0.25, 0.3) is 0 Å². The zero-order chi connectivity index (χ0) is 14.9. The van der Waals surface area contributed by atoms with E-state index < -0.39 is 28.9 Å². The number of halogens is 1. The van der Waals surface area contributed by atoms with Gasteiger partial charge in [-0.25, -0.2) is 9.18 Å². The first kappa shape index (κ1) is 13.9. The summed E-state index contributed by atoms with van der Waals surface area (Å²) in [6, 6.07) is 5.06. The molecule has 0 saturated heterocycles. The van der Waals surface area contributed by atoms with E-state index in [-0.39, 0.29) is 11.1 Å². The smallest absolute Gasteiger partial charge is 0.313 e. The monoisotopic (exact) mass is 276 g/mol. The number of rotatable bonds is 3. The van der Waals surface area contributed by atoms with Crippen molar-refractivity contribution >= 4 is 5.78 Å². The number of hydrogen-bond donors (Lipinski definition) is 1. The van der Waals surface area contributed by atoms with Gasteiger partial charge in [-0.3, -0.25) is 14.2 Å². The molecule has 1 aromatic heterocycles. The summed E-state index contributed by atoms with van der Waals surface area (Å²) in [5, 5.41) is 0. The number of carbonyl (C=O) groups is 1. The van der Waals surface area contributed by atoms with Gasteiger partial charge < -0.3 is 4.98 Å². The lowest BCUT2D eigenvalue weighted by molar-refractivity contribution is 0.101. The van der Waals surface area contributed by atoms with E-state index >= 15 is 0 Å². The van der Waals surface area contributed by atoms with Crippen LogP contribution in [0.5, 0.6) is 0 Å². The minimum absolute atomic E-state index is 0.132. The summed E-state index contributed by atoms with van der Waals surface area (Å²) in [5.41, 5.74) is -1.33. The average Bonchev–Trinajstić information content (AvgIpc) is 2.38. The summed E-state index contributed by atoms with van der Waals surface area (Å²) in [5.74, 6) is -0.972. The first-order valence-corrected chi connectivity index (χ1v) is 6.03. The summed E-state index contributed by atoms with van der Waals surface area (Å²) in [6.07, 6.45) is 1.08. The number of carbonyl (C=O) groups excluding carboxylic acids is 1. The Hall–Kier alpha value is -2.50. The summed E-state index contributed by atoms with van der Waals surface area (Å²) in [6.45, 7) is 2.76. The van der Waals surface area contributed by atoms with Crippen LogP contribution in [-0.2, 0) is 0 Å². The zero-order valence-corrected chi connectivity index (χ0v) is 11.0. The van der Waals surface area contributed by atoms with Gasteiger partial charge in [0.1, 0.15) is 5.82 Å². The largest absolute Gasteiger partial charge is 0.328 e. The highest BCUT2D eigenvalue weighted by atomic mass is 19.1. The Morgan fingerprint density at radius 2 is 1.95 bits per heavy atom. The van der Waals surface area contributed by atoms with Crippen LogP contribution in [0.15, 0.2) is 40.1 Å². The number of H-pyrrole nitrogens is 1. The molecule has 104 valence electrons. The Kier molecular flexibility index (Phi) is 3.65. The van der Waals surface area contributed by atoms with Gasteiger partial charge >= 0.3 is 5.69 Å². The molecule has 6 heteroatoms. The lowest BCUT2D eigenvalue weighted by Gasteiger charge is -2.15. The first-order chi connectivity index (χ1) is 9.43. The first-order valence-electron chi connectivity index (χ1n) is 6.03. The maximum Gasteiger partial charge on any atom is 0.328 e. The van der Waals surface area contributed by atoms with Gasteiger partial charge in [0.15, 0.2) is 5.78 Å². The number of nitrogens with zero attached hydrogens (tertiary/aromatic N) is 1. The highest BCUT2D eigenvalue weighted by Crippen LogP contribution is 2.17. The van der Waals surface area contributed by atoms with Crippen molar-refractivity contribution in [3.63, 3.8) is 0 Å². The molecule has 1 atom stereocenters. The molecule has 2 rings (SSSR count). The SMILES string of the molecule is CC(=O)c1c[nH]c(=O)n(C(C)c2ccccc2F)c1=O. The lowest BCUT2D eigenvalue weighted by Crippen LogP contribution is -2.40. The Morgan fingerprint density at radius 1 is 1.30 bits per heavy atom. The van der Waals surface area contributed by atoms with Gasteiger partial charge in [0.25, 0.3) is 5.56 Å². The molecule has 0 spiro atoms. The van der Waals surface area contributed by atoms with Crippen molar-refractivity contribution < 1.29 is 9.18 Å². The van der Waals surface area contributed by atoms with Crippen LogP contribution < -0.4 is 11.2 Å². The minimum Gasteiger partial charge on any atom is -0.313 e. The van der Waals surface area contributed by atoms with Crippen molar-refractivity contribution in [2.75, 3.05) is 0 Å². The fraction of sp³-hybridized carbons (Fsp3) is 0.214. The van der Waals surface area contributed by atoms with Crippen molar-refractivity contribution in [2.45, 2.75) is 19.9 Å². The maximum atomic E-state index is 13.8. The number of Topliss-reactive ketones (excluding diaryl/α,β-unsaturated/α-hetero) is 1. The molecular formula is C14H13FN2O3. The highest BCUT2D eigenvalue weighted by Gasteiger charge is 2.19. The van der Waals surface area contributed by atoms with Crippen LogP contribution >= 0.6 is 0 Å². The molecule has 1 aromatic carbocycles. The van der Waals surface area contributed by atoms with Crippen molar-refractivity contribution in [1.82, 2.24) is 9.55 Å². The summed E-state index contributed by atoms with van der Waals surface area (Å²) >= 11 is 0. The van der Waals surface area contributed by atoms with E-state index in [1.807, 2.05) is 0 Å². The van der Waals surface area contributed by atoms with Crippen LogP contribution in [0, 0.1) is 5.82 Å². The van der Waals surface area contributed by atoms with E-state index in [1.54, 1.807) is 6.07 Å². The molecule has 2 aromatic rings. The van der Waals surface area contributed by atoms with Gasteiger partial charge in [-0.15, -0.1) is 0 Å². The predicted octanol–water partition coefficient (Wildman–Crippen LogP) is 1.49. The van der Waals surface area contributed by atoms with E-state index in [4.69, 9.17) is 0 Å². The second-order valence-electron chi connectivity index (χ2n) is 4.44. The topological polar surface area (TPSA) is 71.9 Å². The van der Waals surface area contributed by atoms with Crippen molar-refractivity contribution in [3.05, 3.63) is 68.2 Å². The number of ketones is 1. The summed E-state index contributed by atoms with van der Waals surface area (Å²) in [4.78, 5) is 37.6. The second-order valence-corrected chi connectivity index (χ2v) is 4.44. The Balaban J connectivity index is 2.67. The van der Waals surface area contributed by atoms with Gasteiger partial charge in [0, 0.05) is 11.8 Å². The molecule has 20 heavy (non-hydrogen) atoms. The van der Waals surface area contributed by atoms with Crippen LogP contribution in [0.2, 0.25) is 0 Å². The van der Waals surface area contributed by atoms with Crippen molar-refractivity contribution in [3.8, 4) is 0 Å². The molecule has 0 saturated carbocycles. The molecule has 1 N–H and O–H groups in total. The van der Waals surface area contributed by atoms with E-state index in [9.17, 15) is 18.8 Å². The third-order valence-electron chi connectivity index (χ3n) is 3.13. The Labute approximate surface area is 113 Å². The van der Waals surface area contributed by atoms with Gasteiger partial charge in [-0.05, 0) is 19.9 Å². The van der Waals surface area contributed by atoms with Gasteiger partial charge in [-0.1, -0.05) is 18.2 Å². The molecule has 0 aliphatic carbocycles. The number of benzene rings is 1. The maximum absolute atomic E-state index is 13.8. The fourth-order valence-electron chi connectivity index (χ4n) is 2.04. The van der Waals surface area contributed by atoms with Gasteiger partial charge in [-0.2, -0.15) is 0 Å². The standard InChI is InChI=1S/C14H13FN2O3/c1-8(10-5-3-4-6-12(10)15)17-13(19)11(9(2)18)7-16-14(17)20/h3-8H,1-2H3,(H,16,20). The molecule has 1 unspecified atom stereocenters. The molecular weight excluding hydrogens is 263 g/mol. The molecule has 0 radical (unpaired) electrons. The van der Waals surface area contributed by atoms with Crippen molar-refractivity contribution in [2.24, 2.45) is 0 Å². The molecule has 0 aliphatic rings. The van der Waals surface area contributed by atoms with Crippen LogP contribution in [-0.4, -0.2) is 15.3 Å². The third kappa shape index (κ3) is 2.32. The Bertz CT molecular complexity index is 776. The second kappa shape index (κ2) is 5.24. The predicted molar refractivity (Wildman–Crippen MR) is 71.5 cm³/mol. The highest BCUT2D eigenvalue weighted by molar-refractivity contribution is 5.93. The van der Waals surface area contributed by atoms with Crippen molar-refractivity contribution in [1.29, 1.82) is 0 Å². The van der Waals surface area contributed by atoms with E-state index in [0.717, 1.165) is 10.8 Å². The van der Waals surface area contributed by atoms with E-state index in [2.05, 4.69) is 4.98 Å². The van der Waals surface area contributed by atoms with Crippen LogP contribution in [0.3, 0.4) is 0 Å². The molecule has 0 amide bonds. The van der Waals surface area contributed by atoms with E-state index in [1.165, 1.54) is 32.0 Å². The zero-order valence-electron chi connectivity index (χ0n) is 11.0. The fourth-order valence-corrected chi connectivity index (χ4v) is 2.04. The average molecular weight is 276 g/mol. The van der Waals surface area contributed by atoms with Crippen LogP contribution in [0.4, 0.5) is 4.39 Å². The molecule has 1 heterocycles. The number of hydrogen-bond acceptors (Lipinski definition) is 3. The van der Waals surface area contributed by atoms with Gasteiger partial charge in [0.05, 0.1) is 11.6 Å². The summed E-state index contributed by atoms with van der Waals surface area (Å²) < 4.78 is 14.6. The van der Waals surface area contributed by atoms with Gasteiger partial charge in [0.2, 0.25) is 0 Å². The Morgan fingerprint density at radius 3 is 2.55 bits per heavy atom. The molecule has 5 nitrogen and oxygen atoms in total. The van der Waals surface area contributed by atoms with E-state index in [0.29, 0.717) is 0 Å². The molecule has 0 aliphatic heterocycles. The lowest BCUT2D eigenvalue weighted by atomic mass is 10.1. The normalized spacial score (nSPS) is 12.2. The molecule has 0 fully saturated rings. The molecule has 0 bridgehead atoms. The van der Waals surface area contributed by atoms with Crippen LogP contribution in [0.1, 0.15) is 35.8 Å². The number of aromatic nitrogens is 2. The minimum atomic E-state index is -0.813. The number of aromatic amines is 1. The third-order valence-corrected chi connectivity index (χ3v) is 3.13. The quantitative estimate of drug-likeness (QED) is 0.863.